The molecule has 1 aliphatic rings. The Hall–Kier alpha value is -1.57. The maximum absolute atomic E-state index is 4.64. The van der Waals surface area contributed by atoms with Gasteiger partial charge in [-0.1, -0.05) is 31.5 Å². The first-order valence-corrected chi connectivity index (χ1v) is 6.91. The van der Waals surface area contributed by atoms with Crippen LogP contribution in [0.5, 0.6) is 0 Å². The van der Waals surface area contributed by atoms with E-state index in [9.17, 15) is 0 Å². The lowest BCUT2D eigenvalue weighted by atomic mass is 10.1. The van der Waals surface area contributed by atoms with E-state index in [2.05, 4.69) is 47.6 Å². The molecule has 2 unspecified atom stereocenters. The molecule has 1 aromatic heterocycles. The van der Waals surface area contributed by atoms with Gasteiger partial charge in [-0.05, 0) is 42.9 Å². The first-order valence-electron chi connectivity index (χ1n) is 6.91. The Bertz CT molecular complexity index is 535. The standard InChI is InChI=1S/C16H20N2/c1-12-6-7-13(10-12)11-17-16-9-8-14-4-2-3-5-15(14)18-16/h2-5,8-9,12-13H,6-7,10-11H2,1H3,(H,17,18). The van der Waals surface area contributed by atoms with Gasteiger partial charge in [-0.2, -0.15) is 0 Å². The predicted molar refractivity (Wildman–Crippen MR) is 76.7 cm³/mol. The number of hydrogen-bond acceptors (Lipinski definition) is 2. The maximum atomic E-state index is 4.64. The molecule has 0 radical (unpaired) electrons. The van der Waals surface area contributed by atoms with Gasteiger partial charge in [0.15, 0.2) is 0 Å². The lowest BCUT2D eigenvalue weighted by Gasteiger charge is -2.12. The van der Waals surface area contributed by atoms with E-state index in [-0.39, 0.29) is 0 Å². The first kappa shape index (κ1) is 11.5. The molecular formula is C16H20N2. The summed E-state index contributed by atoms with van der Waals surface area (Å²) in [5.41, 5.74) is 1.07. The summed E-state index contributed by atoms with van der Waals surface area (Å²) in [6.07, 6.45) is 4.11. The molecule has 1 heterocycles. The average Bonchev–Trinajstić information content (AvgIpc) is 2.82. The van der Waals surface area contributed by atoms with Crippen LogP contribution >= 0.6 is 0 Å². The van der Waals surface area contributed by atoms with Crippen molar-refractivity contribution in [3.05, 3.63) is 36.4 Å². The highest BCUT2D eigenvalue weighted by atomic mass is 15.0. The van der Waals surface area contributed by atoms with Crippen LogP contribution in [0.4, 0.5) is 5.82 Å². The Morgan fingerprint density at radius 2 is 2.06 bits per heavy atom. The molecule has 1 aliphatic carbocycles. The number of fused-ring (bicyclic) bond motifs is 1. The molecule has 0 saturated heterocycles. The van der Waals surface area contributed by atoms with Crippen LogP contribution in [0.2, 0.25) is 0 Å². The minimum atomic E-state index is 0.827. The molecule has 0 bridgehead atoms. The lowest BCUT2D eigenvalue weighted by molar-refractivity contribution is 0.536. The van der Waals surface area contributed by atoms with Crippen molar-refractivity contribution in [1.29, 1.82) is 0 Å². The zero-order chi connectivity index (χ0) is 12.4. The Kier molecular flexibility index (Phi) is 3.18. The van der Waals surface area contributed by atoms with E-state index in [1.165, 1.54) is 24.6 Å². The number of pyridine rings is 1. The molecule has 1 aromatic carbocycles. The molecule has 2 nitrogen and oxygen atoms in total. The van der Waals surface area contributed by atoms with Crippen molar-refractivity contribution in [3.63, 3.8) is 0 Å². The Morgan fingerprint density at radius 3 is 2.89 bits per heavy atom. The average molecular weight is 240 g/mol. The van der Waals surface area contributed by atoms with Gasteiger partial charge in [0.05, 0.1) is 5.52 Å². The summed E-state index contributed by atoms with van der Waals surface area (Å²) in [4.78, 5) is 4.64. The van der Waals surface area contributed by atoms with E-state index in [1.807, 2.05) is 6.07 Å². The van der Waals surface area contributed by atoms with Crippen molar-refractivity contribution in [1.82, 2.24) is 4.98 Å². The van der Waals surface area contributed by atoms with Gasteiger partial charge in [-0.25, -0.2) is 4.98 Å². The molecule has 18 heavy (non-hydrogen) atoms. The predicted octanol–water partition coefficient (Wildman–Crippen LogP) is 4.08. The fourth-order valence-corrected chi connectivity index (χ4v) is 2.92. The minimum Gasteiger partial charge on any atom is -0.370 e. The highest BCUT2D eigenvalue weighted by molar-refractivity contribution is 5.79. The third kappa shape index (κ3) is 2.47. The number of rotatable bonds is 3. The van der Waals surface area contributed by atoms with Gasteiger partial charge >= 0.3 is 0 Å². The highest BCUT2D eigenvalue weighted by Crippen LogP contribution is 2.30. The molecule has 94 valence electrons. The third-order valence-corrected chi connectivity index (χ3v) is 3.97. The summed E-state index contributed by atoms with van der Waals surface area (Å²) in [6, 6.07) is 12.5. The molecule has 1 N–H and O–H groups in total. The molecule has 0 amide bonds. The van der Waals surface area contributed by atoms with Gasteiger partial charge in [0.2, 0.25) is 0 Å². The summed E-state index contributed by atoms with van der Waals surface area (Å²) in [6.45, 7) is 3.42. The van der Waals surface area contributed by atoms with E-state index < -0.39 is 0 Å². The number of benzene rings is 1. The molecule has 3 rings (SSSR count). The number of nitrogens with one attached hydrogen (secondary N) is 1. The van der Waals surface area contributed by atoms with E-state index in [0.717, 1.165) is 29.7 Å². The monoisotopic (exact) mass is 240 g/mol. The van der Waals surface area contributed by atoms with Crippen molar-refractivity contribution >= 4 is 16.7 Å². The molecule has 2 heteroatoms. The Labute approximate surface area is 108 Å². The van der Waals surface area contributed by atoms with Gasteiger partial charge in [0.25, 0.3) is 0 Å². The second-order valence-electron chi connectivity index (χ2n) is 5.55. The second-order valence-corrected chi connectivity index (χ2v) is 5.55. The van der Waals surface area contributed by atoms with Gasteiger partial charge in [-0.3, -0.25) is 0 Å². The van der Waals surface area contributed by atoms with Crippen LogP contribution in [0.1, 0.15) is 26.2 Å². The highest BCUT2D eigenvalue weighted by Gasteiger charge is 2.20. The quantitative estimate of drug-likeness (QED) is 0.874. The number of nitrogens with zero attached hydrogens (tertiary/aromatic N) is 1. The van der Waals surface area contributed by atoms with Crippen molar-refractivity contribution in [2.45, 2.75) is 26.2 Å². The summed E-state index contributed by atoms with van der Waals surface area (Å²) >= 11 is 0. The summed E-state index contributed by atoms with van der Waals surface area (Å²) in [5.74, 6) is 2.74. The van der Waals surface area contributed by atoms with Crippen LogP contribution in [0.25, 0.3) is 10.9 Å². The van der Waals surface area contributed by atoms with Crippen LogP contribution in [0, 0.1) is 11.8 Å². The van der Waals surface area contributed by atoms with Crippen LogP contribution in [-0.2, 0) is 0 Å². The smallest absolute Gasteiger partial charge is 0.126 e. The Balaban J connectivity index is 1.67. The van der Waals surface area contributed by atoms with Crippen molar-refractivity contribution in [3.8, 4) is 0 Å². The fourth-order valence-electron chi connectivity index (χ4n) is 2.92. The summed E-state index contributed by atoms with van der Waals surface area (Å²) in [7, 11) is 0. The number of aromatic nitrogens is 1. The first-order chi connectivity index (χ1) is 8.81. The van der Waals surface area contributed by atoms with Gasteiger partial charge in [0.1, 0.15) is 5.82 Å². The lowest BCUT2D eigenvalue weighted by Crippen LogP contribution is -2.12. The fraction of sp³-hybridized carbons (Fsp3) is 0.438. The number of para-hydroxylation sites is 1. The van der Waals surface area contributed by atoms with Crippen molar-refractivity contribution in [2.24, 2.45) is 11.8 Å². The van der Waals surface area contributed by atoms with E-state index in [0.29, 0.717) is 0 Å². The normalized spacial score (nSPS) is 23.4. The molecule has 0 aliphatic heterocycles. The Morgan fingerprint density at radius 1 is 1.17 bits per heavy atom. The van der Waals surface area contributed by atoms with Gasteiger partial charge in [0, 0.05) is 11.9 Å². The van der Waals surface area contributed by atoms with Crippen LogP contribution in [0.15, 0.2) is 36.4 Å². The molecule has 1 fully saturated rings. The van der Waals surface area contributed by atoms with E-state index in [4.69, 9.17) is 0 Å². The minimum absolute atomic E-state index is 0.827. The summed E-state index contributed by atoms with van der Waals surface area (Å²) in [5, 5.41) is 4.69. The van der Waals surface area contributed by atoms with Gasteiger partial charge in [-0.15, -0.1) is 0 Å². The van der Waals surface area contributed by atoms with Crippen LogP contribution < -0.4 is 5.32 Å². The van der Waals surface area contributed by atoms with Gasteiger partial charge < -0.3 is 5.32 Å². The topological polar surface area (TPSA) is 24.9 Å². The number of hydrogen-bond donors (Lipinski definition) is 1. The van der Waals surface area contributed by atoms with Crippen molar-refractivity contribution < 1.29 is 0 Å². The van der Waals surface area contributed by atoms with E-state index in [1.54, 1.807) is 0 Å². The number of anilines is 1. The second kappa shape index (κ2) is 4.97. The van der Waals surface area contributed by atoms with Crippen molar-refractivity contribution in [2.75, 3.05) is 11.9 Å². The maximum Gasteiger partial charge on any atom is 0.126 e. The molecule has 2 aromatic rings. The molecule has 0 spiro atoms. The zero-order valence-corrected chi connectivity index (χ0v) is 10.9. The van der Waals surface area contributed by atoms with Crippen LogP contribution in [0.3, 0.4) is 0 Å². The summed E-state index contributed by atoms with van der Waals surface area (Å²) < 4.78 is 0. The zero-order valence-electron chi connectivity index (χ0n) is 10.9. The molecular weight excluding hydrogens is 220 g/mol. The van der Waals surface area contributed by atoms with E-state index >= 15 is 0 Å². The molecule has 2 atom stereocenters. The van der Waals surface area contributed by atoms with Crippen LogP contribution in [-0.4, -0.2) is 11.5 Å². The SMILES string of the molecule is CC1CCC(CNc2ccc3ccccc3n2)C1. The molecule has 1 saturated carbocycles. The third-order valence-electron chi connectivity index (χ3n) is 3.97. The largest absolute Gasteiger partial charge is 0.370 e.